The van der Waals surface area contributed by atoms with E-state index in [1.54, 1.807) is 0 Å². The molecule has 0 bridgehead atoms. The zero-order chi connectivity index (χ0) is 14.4. The fourth-order valence-corrected chi connectivity index (χ4v) is 2.56. The highest BCUT2D eigenvalue weighted by Gasteiger charge is 2.24. The Hall–Kier alpha value is -1.46. The summed E-state index contributed by atoms with van der Waals surface area (Å²) >= 11 is 0. The van der Waals surface area contributed by atoms with Crippen LogP contribution in [0.5, 0.6) is 0 Å². The van der Waals surface area contributed by atoms with Gasteiger partial charge in [0.1, 0.15) is 0 Å². The number of amides is 1. The maximum atomic E-state index is 12.2. The van der Waals surface area contributed by atoms with Gasteiger partial charge in [-0.25, -0.2) is 0 Å². The Morgan fingerprint density at radius 1 is 1.30 bits per heavy atom. The average molecular weight is 276 g/mol. The number of rotatable bonds is 5. The van der Waals surface area contributed by atoms with Crippen molar-refractivity contribution in [3.63, 3.8) is 0 Å². The van der Waals surface area contributed by atoms with E-state index in [1.807, 2.05) is 36.4 Å². The smallest absolute Gasteiger partial charge is 0.225 e. The van der Waals surface area contributed by atoms with Gasteiger partial charge in [-0.2, -0.15) is 0 Å². The second-order valence-corrected chi connectivity index (χ2v) is 5.44. The maximum Gasteiger partial charge on any atom is 0.225 e. The molecule has 1 amide bonds. The molecule has 2 rings (SSSR count). The van der Waals surface area contributed by atoms with Crippen molar-refractivity contribution in [2.24, 2.45) is 11.7 Å². The summed E-state index contributed by atoms with van der Waals surface area (Å²) in [6, 6.07) is 4.09. The zero-order valence-corrected chi connectivity index (χ0v) is 12.2. The van der Waals surface area contributed by atoms with Gasteiger partial charge in [-0.05, 0) is 30.7 Å². The monoisotopic (exact) mass is 276 g/mol. The van der Waals surface area contributed by atoms with Gasteiger partial charge in [0.15, 0.2) is 0 Å². The molecule has 5 heteroatoms. The molecule has 1 aliphatic rings. The molecule has 0 radical (unpaired) electrons. The molecule has 1 saturated heterocycles. The molecule has 0 spiro atoms. The first kappa shape index (κ1) is 14.9. The molecular weight excluding hydrogens is 252 g/mol. The Labute approximate surface area is 120 Å². The van der Waals surface area contributed by atoms with Crippen molar-refractivity contribution in [3.8, 4) is 0 Å². The van der Waals surface area contributed by atoms with Crippen LogP contribution in [0.1, 0.15) is 18.9 Å². The number of aromatic nitrogens is 1. The van der Waals surface area contributed by atoms with Gasteiger partial charge >= 0.3 is 0 Å². The molecule has 5 nitrogen and oxygen atoms in total. The first-order valence-electron chi connectivity index (χ1n) is 7.31. The van der Waals surface area contributed by atoms with Gasteiger partial charge in [0.25, 0.3) is 0 Å². The minimum absolute atomic E-state index is 0.0479. The lowest BCUT2D eigenvalue weighted by atomic mass is 10.1. The van der Waals surface area contributed by atoms with Crippen molar-refractivity contribution in [1.82, 2.24) is 14.8 Å². The van der Waals surface area contributed by atoms with Gasteiger partial charge in [-0.3, -0.25) is 14.7 Å². The quantitative estimate of drug-likeness (QED) is 0.860. The Morgan fingerprint density at radius 2 is 1.95 bits per heavy atom. The van der Waals surface area contributed by atoms with Crippen LogP contribution in [0.25, 0.3) is 0 Å². The van der Waals surface area contributed by atoms with Gasteiger partial charge < -0.3 is 10.6 Å². The SMILES string of the molecule is CC(CCN)C(=O)N1CCN(Cc2ccncc2)CC1. The highest BCUT2D eigenvalue weighted by atomic mass is 16.2. The number of nitrogens with two attached hydrogens (primary N) is 1. The van der Waals surface area contributed by atoms with E-state index >= 15 is 0 Å². The first-order valence-corrected chi connectivity index (χ1v) is 7.31. The van der Waals surface area contributed by atoms with Gasteiger partial charge in [0, 0.05) is 51.0 Å². The molecule has 1 aliphatic heterocycles. The van der Waals surface area contributed by atoms with Crippen LogP contribution in [0.2, 0.25) is 0 Å². The summed E-state index contributed by atoms with van der Waals surface area (Å²) in [5.41, 5.74) is 6.80. The number of nitrogens with zero attached hydrogens (tertiary/aromatic N) is 3. The number of hydrogen-bond acceptors (Lipinski definition) is 4. The van der Waals surface area contributed by atoms with Crippen molar-refractivity contribution < 1.29 is 4.79 Å². The normalized spacial score (nSPS) is 18.0. The van der Waals surface area contributed by atoms with Crippen LogP contribution in [0.3, 0.4) is 0 Å². The summed E-state index contributed by atoms with van der Waals surface area (Å²) in [7, 11) is 0. The van der Waals surface area contributed by atoms with Crippen molar-refractivity contribution in [1.29, 1.82) is 0 Å². The number of hydrogen-bond donors (Lipinski definition) is 1. The second-order valence-electron chi connectivity index (χ2n) is 5.44. The third-order valence-electron chi connectivity index (χ3n) is 3.86. The molecule has 2 N–H and O–H groups in total. The van der Waals surface area contributed by atoms with E-state index in [2.05, 4.69) is 9.88 Å². The molecule has 0 aliphatic carbocycles. The number of carbonyl (C=O) groups excluding carboxylic acids is 1. The predicted molar refractivity (Wildman–Crippen MR) is 78.9 cm³/mol. The van der Waals surface area contributed by atoms with Crippen LogP contribution < -0.4 is 5.73 Å². The lowest BCUT2D eigenvalue weighted by Gasteiger charge is -2.36. The summed E-state index contributed by atoms with van der Waals surface area (Å²) in [6.07, 6.45) is 4.42. The minimum Gasteiger partial charge on any atom is -0.340 e. The Bertz CT molecular complexity index is 415. The molecule has 1 atom stereocenters. The van der Waals surface area contributed by atoms with Crippen molar-refractivity contribution >= 4 is 5.91 Å². The summed E-state index contributed by atoms with van der Waals surface area (Å²) in [5.74, 6) is 0.297. The zero-order valence-electron chi connectivity index (χ0n) is 12.2. The van der Waals surface area contributed by atoms with E-state index in [0.29, 0.717) is 6.54 Å². The van der Waals surface area contributed by atoms with Crippen LogP contribution >= 0.6 is 0 Å². The van der Waals surface area contributed by atoms with Crippen molar-refractivity contribution in [2.45, 2.75) is 19.9 Å². The highest BCUT2D eigenvalue weighted by Crippen LogP contribution is 2.12. The van der Waals surface area contributed by atoms with E-state index in [-0.39, 0.29) is 11.8 Å². The lowest BCUT2D eigenvalue weighted by Crippen LogP contribution is -2.49. The third kappa shape index (κ3) is 4.02. The fraction of sp³-hybridized carbons (Fsp3) is 0.600. The molecule has 1 fully saturated rings. The summed E-state index contributed by atoms with van der Waals surface area (Å²) in [4.78, 5) is 20.6. The molecular formula is C15H24N4O. The van der Waals surface area contributed by atoms with E-state index in [4.69, 9.17) is 5.73 Å². The Morgan fingerprint density at radius 3 is 2.55 bits per heavy atom. The molecule has 2 heterocycles. The highest BCUT2D eigenvalue weighted by molar-refractivity contribution is 5.78. The largest absolute Gasteiger partial charge is 0.340 e. The molecule has 20 heavy (non-hydrogen) atoms. The Kier molecular flexibility index (Phi) is 5.49. The second kappa shape index (κ2) is 7.36. The topological polar surface area (TPSA) is 62.5 Å². The van der Waals surface area contributed by atoms with Gasteiger partial charge in [-0.1, -0.05) is 6.92 Å². The average Bonchev–Trinajstić information content (AvgIpc) is 2.48. The molecule has 1 aromatic heterocycles. The maximum absolute atomic E-state index is 12.2. The van der Waals surface area contributed by atoms with E-state index in [1.165, 1.54) is 5.56 Å². The van der Waals surface area contributed by atoms with Crippen LogP contribution in [-0.4, -0.2) is 53.4 Å². The molecule has 110 valence electrons. The first-order chi connectivity index (χ1) is 9.70. The predicted octanol–water partition coefficient (Wildman–Crippen LogP) is 0.711. The summed E-state index contributed by atoms with van der Waals surface area (Å²) in [5, 5.41) is 0. The van der Waals surface area contributed by atoms with Crippen molar-refractivity contribution in [3.05, 3.63) is 30.1 Å². The van der Waals surface area contributed by atoms with E-state index in [0.717, 1.165) is 39.1 Å². The fourth-order valence-electron chi connectivity index (χ4n) is 2.56. The molecule has 1 aromatic rings. The van der Waals surface area contributed by atoms with Crippen LogP contribution in [0.15, 0.2) is 24.5 Å². The van der Waals surface area contributed by atoms with Gasteiger partial charge in [0.05, 0.1) is 0 Å². The number of pyridine rings is 1. The third-order valence-corrected chi connectivity index (χ3v) is 3.86. The van der Waals surface area contributed by atoms with Crippen molar-refractivity contribution in [2.75, 3.05) is 32.7 Å². The molecule has 1 unspecified atom stereocenters. The van der Waals surface area contributed by atoms with E-state index < -0.39 is 0 Å². The molecule has 0 saturated carbocycles. The van der Waals surface area contributed by atoms with Crippen LogP contribution in [-0.2, 0) is 11.3 Å². The van der Waals surface area contributed by atoms with Gasteiger partial charge in [0.2, 0.25) is 5.91 Å². The lowest BCUT2D eigenvalue weighted by molar-refractivity contribution is -0.137. The summed E-state index contributed by atoms with van der Waals surface area (Å²) < 4.78 is 0. The molecule has 0 aromatic carbocycles. The standard InChI is InChI=1S/C15H24N4O/c1-13(2-5-16)15(20)19-10-8-18(9-11-19)12-14-3-6-17-7-4-14/h3-4,6-7,13H,2,5,8-12,16H2,1H3. The van der Waals surface area contributed by atoms with Crippen LogP contribution in [0.4, 0.5) is 0 Å². The van der Waals surface area contributed by atoms with E-state index in [9.17, 15) is 4.79 Å². The number of carbonyl (C=O) groups is 1. The minimum atomic E-state index is 0.0479. The summed E-state index contributed by atoms with van der Waals surface area (Å²) in [6.45, 7) is 6.99. The van der Waals surface area contributed by atoms with Crippen LogP contribution in [0, 0.1) is 5.92 Å². The Balaban J connectivity index is 1.79. The van der Waals surface area contributed by atoms with Gasteiger partial charge in [-0.15, -0.1) is 0 Å². The number of piperazine rings is 1.